The molecule has 0 aliphatic heterocycles. The summed E-state index contributed by atoms with van der Waals surface area (Å²) >= 11 is 0. The number of rotatable bonds is 4. The molecular formula is C13H12N4O4. The molecule has 8 heteroatoms. The first-order valence-corrected chi connectivity index (χ1v) is 6.08. The van der Waals surface area contributed by atoms with Gasteiger partial charge >= 0.3 is 0 Å². The summed E-state index contributed by atoms with van der Waals surface area (Å²) in [6, 6.07) is 7.49. The highest BCUT2D eigenvalue weighted by Crippen LogP contribution is 2.18. The number of hydrogen-bond donors (Lipinski definition) is 1. The normalized spacial score (nSPS) is 11.7. The summed E-state index contributed by atoms with van der Waals surface area (Å²) in [7, 11) is 0. The zero-order valence-corrected chi connectivity index (χ0v) is 11.1. The van der Waals surface area contributed by atoms with Gasteiger partial charge in [-0.2, -0.15) is 5.10 Å². The van der Waals surface area contributed by atoms with Crippen LogP contribution >= 0.6 is 0 Å². The van der Waals surface area contributed by atoms with E-state index >= 15 is 0 Å². The van der Waals surface area contributed by atoms with Crippen LogP contribution in [0.5, 0.6) is 0 Å². The van der Waals surface area contributed by atoms with Gasteiger partial charge in [0.15, 0.2) is 0 Å². The van der Waals surface area contributed by atoms with Gasteiger partial charge in [0.1, 0.15) is 6.04 Å². The van der Waals surface area contributed by atoms with Gasteiger partial charge in [-0.3, -0.25) is 19.7 Å². The number of nitrogens with zero attached hydrogens (tertiary/aromatic N) is 3. The van der Waals surface area contributed by atoms with Crippen molar-refractivity contribution < 1.29 is 9.72 Å². The summed E-state index contributed by atoms with van der Waals surface area (Å²) in [5.41, 5.74) is -0.250. The predicted molar refractivity (Wildman–Crippen MR) is 74.9 cm³/mol. The molecule has 2 rings (SSSR count). The number of nitrogens with one attached hydrogen (secondary N) is 1. The van der Waals surface area contributed by atoms with Gasteiger partial charge in [0.05, 0.1) is 4.92 Å². The fourth-order valence-corrected chi connectivity index (χ4v) is 1.71. The lowest BCUT2D eigenvalue weighted by molar-refractivity contribution is -0.384. The molecule has 21 heavy (non-hydrogen) atoms. The maximum atomic E-state index is 12.1. The molecule has 108 valence electrons. The number of hydrogen-bond acceptors (Lipinski definition) is 5. The molecule has 0 aliphatic carbocycles. The Balaban J connectivity index is 2.18. The number of non-ortho nitro benzene ring substituents is 1. The Kier molecular flexibility index (Phi) is 4.07. The lowest BCUT2D eigenvalue weighted by Gasteiger charge is -2.13. The highest BCUT2D eigenvalue weighted by Gasteiger charge is 2.17. The van der Waals surface area contributed by atoms with Crippen LogP contribution in [0.3, 0.4) is 0 Å². The van der Waals surface area contributed by atoms with E-state index in [1.54, 1.807) is 0 Å². The third-order valence-electron chi connectivity index (χ3n) is 2.81. The molecule has 1 atom stereocenters. The molecule has 0 radical (unpaired) electrons. The highest BCUT2D eigenvalue weighted by molar-refractivity contribution is 5.93. The standard InChI is InChI=1S/C13H12N4O4/c1-9(16-12(18)6-3-7-14-16)13(19)15-10-4-2-5-11(8-10)17(20)21/h2-9H,1H3,(H,15,19). The fourth-order valence-electron chi connectivity index (χ4n) is 1.71. The third-order valence-corrected chi connectivity index (χ3v) is 2.81. The van der Waals surface area contributed by atoms with Crippen LogP contribution in [-0.2, 0) is 4.79 Å². The smallest absolute Gasteiger partial charge is 0.271 e. The Labute approximate surface area is 119 Å². The molecule has 0 saturated carbocycles. The second-order valence-electron chi connectivity index (χ2n) is 4.28. The minimum absolute atomic E-state index is 0.129. The van der Waals surface area contributed by atoms with Crippen molar-refractivity contribution >= 4 is 17.3 Å². The highest BCUT2D eigenvalue weighted by atomic mass is 16.6. The number of carbonyl (C=O) groups is 1. The molecule has 0 saturated heterocycles. The van der Waals surface area contributed by atoms with Crippen LogP contribution in [0.4, 0.5) is 11.4 Å². The van der Waals surface area contributed by atoms with Crippen molar-refractivity contribution in [2.45, 2.75) is 13.0 Å². The van der Waals surface area contributed by atoms with Crippen molar-refractivity contribution in [1.82, 2.24) is 9.78 Å². The van der Waals surface area contributed by atoms with E-state index in [2.05, 4.69) is 10.4 Å². The number of carbonyl (C=O) groups excluding carboxylic acids is 1. The number of amides is 1. The fraction of sp³-hybridized carbons (Fsp3) is 0.154. The van der Waals surface area contributed by atoms with Crippen LogP contribution in [0.1, 0.15) is 13.0 Å². The molecule has 0 bridgehead atoms. The van der Waals surface area contributed by atoms with E-state index in [1.807, 2.05) is 0 Å². The van der Waals surface area contributed by atoms with E-state index in [0.717, 1.165) is 4.68 Å². The molecule has 0 fully saturated rings. The molecule has 2 aromatic rings. The topological polar surface area (TPSA) is 107 Å². The molecule has 1 N–H and O–H groups in total. The minimum atomic E-state index is -0.835. The zero-order valence-electron chi connectivity index (χ0n) is 11.1. The summed E-state index contributed by atoms with van der Waals surface area (Å²) in [6.07, 6.45) is 1.40. The van der Waals surface area contributed by atoms with E-state index in [-0.39, 0.29) is 11.4 Å². The molecule has 1 heterocycles. The van der Waals surface area contributed by atoms with Crippen LogP contribution in [0, 0.1) is 10.1 Å². The van der Waals surface area contributed by atoms with Gasteiger partial charge in [-0.1, -0.05) is 6.07 Å². The molecule has 1 aromatic carbocycles. The average Bonchev–Trinajstić information content (AvgIpc) is 2.47. The second kappa shape index (κ2) is 5.95. The van der Waals surface area contributed by atoms with Crippen LogP contribution in [0.25, 0.3) is 0 Å². The maximum absolute atomic E-state index is 12.1. The van der Waals surface area contributed by atoms with Crippen LogP contribution < -0.4 is 10.9 Å². The Bertz CT molecular complexity index is 741. The molecule has 1 amide bonds. The molecular weight excluding hydrogens is 276 g/mol. The Hall–Kier alpha value is -3.03. The van der Waals surface area contributed by atoms with E-state index in [4.69, 9.17) is 0 Å². The van der Waals surface area contributed by atoms with Crippen LogP contribution in [-0.4, -0.2) is 20.6 Å². The Morgan fingerprint density at radius 1 is 1.38 bits per heavy atom. The van der Waals surface area contributed by atoms with E-state index in [0.29, 0.717) is 0 Å². The predicted octanol–water partition coefficient (Wildman–Crippen LogP) is 1.35. The quantitative estimate of drug-likeness (QED) is 0.675. The van der Waals surface area contributed by atoms with E-state index in [9.17, 15) is 19.7 Å². The maximum Gasteiger partial charge on any atom is 0.271 e. The minimum Gasteiger partial charge on any atom is -0.324 e. The first-order valence-electron chi connectivity index (χ1n) is 6.08. The van der Waals surface area contributed by atoms with Gasteiger partial charge in [-0.25, -0.2) is 4.68 Å². The summed E-state index contributed by atoms with van der Waals surface area (Å²) < 4.78 is 1.03. The van der Waals surface area contributed by atoms with Crippen molar-refractivity contribution in [2.24, 2.45) is 0 Å². The van der Waals surface area contributed by atoms with Gasteiger partial charge in [-0.15, -0.1) is 0 Å². The molecule has 0 aliphatic rings. The number of anilines is 1. The first-order chi connectivity index (χ1) is 9.99. The SMILES string of the molecule is CC(C(=O)Nc1cccc([N+](=O)[O-])c1)n1ncccc1=O. The van der Waals surface area contributed by atoms with E-state index < -0.39 is 22.4 Å². The van der Waals surface area contributed by atoms with Gasteiger partial charge in [0, 0.05) is 30.1 Å². The van der Waals surface area contributed by atoms with Gasteiger partial charge in [0.25, 0.3) is 11.2 Å². The lowest BCUT2D eigenvalue weighted by Crippen LogP contribution is -2.32. The number of nitro benzene ring substituents is 1. The lowest BCUT2D eigenvalue weighted by atomic mass is 10.2. The average molecular weight is 288 g/mol. The summed E-state index contributed by atoms with van der Waals surface area (Å²) in [4.78, 5) is 33.8. The molecule has 1 aromatic heterocycles. The summed E-state index contributed by atoms with van der Waals surface area (Å²) in [6.45, 7) is 1.51. The Morgan fingerprint density at radius 2 is 2.14 bits per heavy atom. The van der Waals surface area contributed by atoms with Gasteiger partial charge in [0.2, 0.25) is 5.91 Å². The van der Waals surface area contributed by atoms with Crippen molar-refractivity contribution in [3.63, 3.8) is 0 Å². The van der Waals surface area contributed by atoms with Gasteiger partial charge < -0.3 is 5.32 Å². The monoisotopic (exact) mass is 288 g/mol. The van der Waals surface area contributed by atoms with Crippen molar-refractivity contribution in [2.75, 3.05) is 5.32 Å². The molecule has 8 nitrogen and oxygen atoms in total. The van der Waals surface area contributed by atoms with Crippen molar-refractivity contribution in [1.29, 1.82) is 0 Å². The Morgan fingerprint density at radius 3 is 2.81 bits per heavy atom. The summed E-state index contributed by atoms with van der Waals surface area (Å²) in [5, 5.41) is 17.0. The number of aromatic nitrogens is 2. The number of nitro groups is 1. The van der Waals surface area contributed by atoms with Crippen molar-refractivity contribution in [3.8, 4) is 0 Å². The third kappa shape index (κ3) is 3.30. The largest absolute Gasteiger partial charge is 0.324 e. The van der Waals surface area contributed by atoms with Crippen LogP contribution in [0.2, 0.25) is 0 Å². The van der Waals surface area contributed by atoms with Gasteiger partial charge in [-0.05, 0) is 19.1 Å². The van der Waals surface area contributed by atoms with Crippen LogP contribution in [0.15, 0.2) is 47.4 Å². The molecule has 1 unspecified atom stereocenters. The molecule has 0 spiro atoms. The second-order valence-corrected chi connectivity index (χ2v) is 4.28. The first kappa shape index (κ1) is 14.4. The van der Waals surface area contributed by atoms with E-state index in [1.165, 1.54) is 49.5 Å². The van der Waals surface area contributed by atoms with Crippen molar-refractivity contribution in [3.05, 3.63) is 63.1 Å². The zero-order chi connectivity index (χ0) is 15.4. The summed E-state index contributed by atoms with van der Waals surface area (Å²) in [5.74, 6) is -0.490. The number of benzene rings is 1.